The van der Waals surface area contributed by atoms with Crippen molar-refractivity contribution in [2.24, 2.45) is 0 Å². The van der Waals surface area contributed by atoms with Crippen LogP contribution < -0.4 is 10.1 Å². The van der Waals surface area contributed by atoms with E-state index >= 15 is 0 Å². The summed E-state index contributed by atoms with van der Waals surface area (Å²) in [4.78, 5) is 0. The minimum atomic E-state index is 0.326. The van der Waals surface area contributed by atoms with Crippen molar-refractivity contribution in [3.8, 4) is 5.75 Å². The molecule has 0 bridgehead atoms. The van der Waals surface area contributed by atoms with E-state index < -0.39 is 0 Å². The predicted molar refractivity (Wildman–Crippen MR) is 67.7 cm³/mol. The minimum absolute atomic E-state index is 0.326. The third kappa shape index (κ3) is 4.01. The fourth-order valence-corrected chi connectivity index (χ4v) is 1.86. The SMILES string of the molecule is COc1ccc(CNC(C)CCl)cc1Br. The van der Waals surface area contributed by atoms with Crippen LogP contribution in [-0.2, 0) is 6.54 Å². The van der Waals surface area contributed by atoms with Gasteiger partial charge in [0, 0.05) is 18.5 Å². The van der Waals surface area contributed by atoms with Crippen LogP contribution in [0.3, 0.4) is 0 Å². The summed E-state index contributed by atoms with van der Waals surface area (Å²) in [5.41, 5.74) is 1.21. The second-order valence-electron chi connectivity index (χ2n) is 3.41. The Bertz CT molecular complexity index is 319. The molecule has 0 amide bonds. The van der Waals surface area contributed by atoms with Gasteiger partial charge in [-0.05, 0) is 40.5 Å². The Morgan fingerprint density at radius 3 is 2.80 bits per heavy atom. The topological polar surface area (TPSA) is 21.3 Å². The molecule has 0 fully saturated rings. The highest BCUT2D eigenvalue weighted by atomic mass is 79.9. The number of nitrogens with one attached hydrogen (secondary N) is 1. The van der Waals surface area contributed by atoms with Crippen molar-refractivity contribution in [3.63, 3.8) is 0 Å². The number of ether oxygens (including phenoxy) is 1. The van der Waals surface area contributed by atoms with E-state index in [1.165, 1.54) is 5.56 Å². The molecule has 1 N–H and O–H groups in total. The molecule has 1 aromatic carbocycles. The van der Waals surface area contributed by atoms with Gasteiger partial charge >= 0.3 is 0 Å². The lowest BCUT2D eigenvalue weighted by Crippen LogP contribution is -2.26. The van der Waals surface area contributed by atoms with Crippen molar-refractivity contribution >= 4 is 27.5 Å². The number of alkyl halides is 1. The summed E-state index contributed by atoms with van der Waals surface area (Å²) in [6.45, 7) is 2.88. The minimum Gasteiger partial charge on any atom is -0.496 e. The number of methoxy groups -OCH3 is 1. The fraction of sp³-hybridized carbons (Fsp3) is 0.455. The van der Waals surface area contributed by atoms with E-state index in [1.807, 2.05) is 18.2 Å². The smallest absolute Gasteiger partial charge is 0.133 e. The van der Waals surface area contributed by atoms with Gasteiger partial charge in [-0.25, -0.2) is 0 Å². The molecule has 0 radical (unpaired) electrons. The molecule has 1 atom stereocenters. The van der Waals surface area contributed by atoms with Gasteiger partial charge in [-0.15, -0.1) is 11.6 Å². The Balaban J connectivity index is 2.59. The highest BCUT2D eigenvalue weighted by Crippen LogP contribution is 2.25. The molecule has 0 saturated carbocycles. The zero-order valence-electron chi connectivity index (χ0n) is 8.89. The molecule has 1 unspecified atom stereocenters. The summed E-state index contributed by atoms with van der Waals surface area (Å²) in [5.74, 6) is 1.47. The van der Waals surface area contributed by atoms with Gasteiger partial charge in [0.05, 0.1) is 11.6 Å². The van der Waals surface area contributed by atoms with E-state index in [0.29, 0.717) is 11.9 Å². The zero-order valence-corrected chi connectivity index (χ0v) is 11.2. The van der Waals surface area contributed by atoms with Crippen LogP contribution in [0.15, 0.2) is 22.7 Å². The normalized spacial score (nSPS) is 12.5. The highest BCUT2D eigenvalue weighted by molar-refractivity contribution is 9.10. The molecule has 0 heterocycles. The van der Waals surface area contributed by atoms with Crippen molar-refractivity contribution in [2.75, 3.05) is 13.0 Å². The Labute approximate surface area is 104 Å². The van der Waals surface area contributed by atoms with Crippen molar-refractivity contribution in [1.82, 2.24) is 5.32 Å². The van der Waals surface area contributed by atoms with Gasteiger partial charge < -0.3 is 10.1 Å². The molecular weight excluding hydrogens is 277 g/mol. The summed E-state index contributed by atoms with van der Waals surface area (Å²) in [7, 11) is 1.66. The van der Waals surface area contributed by atoms with Gasteiger partial charge in [-0.1, -0.05) is 6.07 Å². The lowest BCUT2D eigenvalue weighted by molar-refractivity contribution is 0.412. The molecule has 4 heteroatoms. The van der Waals surface area contributed by atoms with Crippen LogP contribution in [0.4, 0.5) is 0 Å². The summed E-state index contributed by atoms with van der Waals surface area (Å²) in [6.07, 6.45) is 0. The average molecular weight is 293 g/mol. The molecule has 2 nitrogen and oxygen atoms in total. The summed E-state index contributed by atoms with van der Waals surface area (Å²) in [6, 6.07) is 6.36. The van der Waals surface area contributed by atoms with Gasteiger partial charge in [0.2, 0.25) is 0 Å². The van der Waals surface area contributed by atoms with Crippen LogP contribution in [0.2, 0.25) is 0 Å². The third-order valence-electron chi connectivity index (χ3n) is 2.10. The highest BCUT2D eigenvalue weighted by Gasteiger charge is 2.03. The summed E-state index contributed by atoms with van der Waals surface area (Å²) in [5, 5.41) is 3.32. The Hall–Kier alpha value is -0.250. The summed E-state index contributed by atoms with van der Waals surface area (Å²) < 4.78 is 6.13. The maximum atomic E-state index is 5.71. The Kier molecular flexibility index (Phi) is 5.43. The summed E-state index contributed by atoms with van der Waals surface area (Å²) >= 11 is 9.16. The molecule has 0 aliphatic carbocycles. The molecule has 84 valence electrons. The second-order valence-corrected chi connectivity index (χ2v) is 4.57. The molecule has 0 spiro atoms. The Morgan fingerprint density at radius 1 is 1.53 bits per heavy atom. The number of hydrogen-bond donors (Lipinski definition) is 1. The maximum Gasteiger partial charge on any atom is 0.133 e. The zero-order chi connectivity index (χ0) is 11.3. The lowest BCUT2D eigenvalue weighted by Gasteiger charge is -2.11. The predicted octanol–water partition coefficient (Wildman–Crippen LogP) is 3.17. The van der Waals surface area contributed by atoms with E-state index in [1.54, 1.807) is 7.11 Å². The first-order valence-corrected chi connectivity index (χ1v) is 6.12. The van der Waals surface area contributed by atoms with Crippen LogP contribution in [-0.4, -0.2) is 19.0 Å². The van der Waals surface area contributed by atoms with Crippen LogP contribution in [0.1, 0.15) is 12.5 Å². The maximum absolute atomic E-state index is 5.71. The largest absolute Gasteiger partial charge is 0.496 e. The molecule has 0 aromatic heterocycles. The lowest BCUT2D eigenvalue weighted by atomic mass is 10.2. The quantitative estimate of drug-likeness (QED) is 0.842. The van der Waals surface area contributed by atoms with Crippen molar-refractivity contribution < 1.29 is 4.74 Å². The van der Waals surface area contributed by atoms with Crippen molar-refractivity contribution in [1.29, 1.82) is 0 Å². The van der Waals surface area contributed by atoms with Crippen LogP contribution in [0, 0.1) is 0 Å². The first kappa shape index (κ1) is 12.8. The molecule has 0 aliphatic heterocycles. The van der Waals surface area contributed by atoms with Gasteiger partial charge in [-0.2, -0.15) is 0 Å². The molecule has 0 saturated heterocycles. The van der Waals surface area contributed by atoms with E-state index in [-0.39, 0.29) is 0 Å². The van der Waals surface area contributed by atoms with Crippen LogP contribution >= 0.6 is 27.5 Å². The van der Waals surface area contributed by atoms with E-state index in [9.17, 15) is 0 Å². The van der Waals surface area contributed by atoms with E-state index in [0.717, 1.165) is 16.8 Å². The standard InChI is InChI=1S/C11H15BrClNO/c1-8(6-13)14-7-9-3-4-11(15-2)10(12)5-9/h3-5,8,14H,6-7H2,1-2H3. The first-order valence-electron chi connectivity index (χ1n) is 4.79. The average Bonchev–Trinajstić information content (AvgIpc) is 2.26. The molecule has 15 heavy (non-hydrogen) atoms. The third-order valence-corrected chi connectivity index (χ3v) is 3.18. The van der Waals surface area contributed by atoms with Crippen molar-refractivity contribution in [2.45, 2.75) is 19.5 Å². The van der Waals surface area contributed by atoms with Gasteiger partial charge in [0.15, 0.2) is 0 Å². The number of hydrogen-bond acceptors (Lipinski definition) is 2. The molecule has 1 aromatic rings. The first-order chi connectivity index (χ1) is 7.17. The monoisotopic (exact) mass is 291 g/mol. The van der Waals surface area contributed by atoms with E-state index in [2.05, 4.69) is 28.2 Å². The van der Waals surface area contributed by atoms with Crippen molar-refractivity contribution in [3.05, 3.63) is 28.2 Å². The van der Waals surface area contributed by atoms with Crippen LogP contribution in [0.5, 0.6) is 5.75 Å². The second kappa shape index (κ2) is 6.36. The molecular formula is C11H15BrClNO. The molecule has 1 rings (SSSR count). The Morgan fingerprint density at radius 2 is 2.27 bits per heavy atom. The van der Waals surface area contributed by atoms with Crippen LogP contribution in [0.25, 0.3) is 0 Å². The van der Waals surface area contributed by atoms with Gasteiger partial charge in [0.1, 0.15) is 5.75 Å². The number of benzene rings is 1. The number of halogens is 2. The molecule has 0 aliphatic rings. The van der Waals surface area contributed by atoms with Gasteiger partial charge in [0.25, 0.3) is 0 Å². The fourth-order valence-electron chi connectivity index (χ4n) is 1.17. The number of rotatable bonds is 5. The van der Waals surface area contributed by atoms with Gasteiger partial charge in [-0.3, -0.25) is 0 Å². The van der Waals surface area contributed by atoms with E-state index in [4.69, 9.17) is 16.3 Å².